The van der Waals surface area contributed by atoms with Gasteiger partial charge >= 0.3 is 0 Å². The summed E-state index contributed by atoms with van der Waals surface area (Å²) in [6.07, 6.45) is 24.9. The maximum Gasteiger partial charge on any atom is 0.0554 e. The van der Waals surface area contributed by atoms with Gasteiger partial charge < -0.3 is 4.74 Å². The molecule has 0 saturated heterocycles. The van der Waals surface area contributed by atoms with Crippen molar-refractivity contribution in [1.29, 1.82) is 0 Å². The lowest BCUT2D eigenvalue weighted by molar-refractivity contribution is 0.145. The van der Waals surface area contributed by atoms with Gasteiger partial charge in [-0.25, -0.2) is 0 Å². The Morgan fingerprint density at radius 2 is 1.27 bits per heavy atom. The van der Waals surface area contributed by atoms with Crippen LogP contribution in [0.4, 0.5) is 0 Å². The zero-order valence-corrected chi connectivity index (χ0v) is 15.7. The van der Waals surface area contributed by atoms with Gasteiger partial charge in [-0.3, -0.25) is 0 Å². The minimum absolute atomic E-state index is 0.795. The van der Waals surface area contributed by atoms with Gasteiger partial charge in [-0.05, 0) is 38.5 Å². The molecule has 0 unspecified atom stereocenters. The summed E-state index contributed by atoms with van der Waals surface area (Å²) in [6.45, 7) is 3.96. The average Bonchev–Trinajstić information content (AvgIpc) is 2.54. The molecule has 0 amide bonds. The highest BCUT2D eigenvalue weighted by Gasteiger charge is 1.91. The van der Waals surface area contributed by atoms with E-state index in [2.05, 4.69) is 43.9 Å². The number of ether oxygens (including phenoxy) is 1. The molecule has 130 valence electrons. The van der Waals surface area contributed by atoms with Crippen molar-refractivity contribution >= 4 is 12.6 Å². The van der Waals surface area contributed by atoms with E-state index in [1.807, 2.05) is 0 Å². The summed E-state index contributed by atoms with van der Waals surface area (Å²) in [5.74, 6) is 0.835. The second kappa shape index (κ2) is 20.8. The van der Waals surface area contributed by atoms with Crippen LogP contribution in [0.3, 0.4) is 0 Å². The van der Waals surface area contributed by atoms with Crippen LogP contribution in [0.25, 0.3) is 0 Å². The number of allylic oxidation sites excluding steroid dienone is 4. The number of unbranched alkanes of at least 4 members (excludes halogenated alkanes) is 9. The Bertz CT molecular complexity index is 248. The number of thiol groups is 1. The van der Waals surface area contributed by atoms with Crippen LogP contribution in [0.1, 0.15) is 84.0 Å². The predicted octanol–water partition coefficient (Wildman–Crippen LogP) is 6.75. The van der Waals surface area contributed by atoms with Crippen molar-refractivity contribution in [2.24, 2.45) is 0 Å². The summed E-state index contributed by atoms with van der Waals surface area (Å²) < 4.78 is 5.41. The molecule has 1 nitrogen and oxygen atoms in total. The topological polar surface area (TPSA) is 9.23 Å². The Morgan fingerprint density at radius 3 is 1.91 bits per heavy atom. The largest absolute Gasteiger partial charge is 0.381 e. The molecule has 0 aliphatic heterocycles. The van der Waals surface area contributed by atoms with Crippen molar-refractivity contribution < 1.29 is 4.74 Å². The summed E-state index contributed by atoms with van der Waals surface area (Å²) in [5, 5.41) is 0. The molecule has 0 fully saturated rings. The van der Waals surface area contributed by atoms with Crippen LogP contribution in [0, 0.1) is 0 Å². The first-order valence-electron chi connectivity index (χ1n) is 9.40. The van der Waals surface area contributed by atoms with E-state index in [1.165, 1.54) is 70.6 Å². The Balaban J connectivity index is 3.11. The van der Waals surface area contributed by atoms with Crippen molar-refractivity contribution in [3.63, 3.8) is 0 Å². The maximum atomic E-state index is 5.41. The molecule has 0 heterocycles. The highest BCUT2D eigenvalue weighted by Crippen LogP contribution is 2.08. The molecular formula is C20H38OS. The summed E-state index contributed by atoms with van der Waals surface area (Å²) in [6, 6.07) is 0. The van der Waals surface area contributed by atoms with Crippen LogP contribution >= 0.6 is 12.6 Å². The van der Waals surface area contributed by atoms with E-state index in [9.17, 15) is 0 Å². The molecule has 0 saturated carbocycles. The molecule has 0 atom stereocenters. The summed E-state index contributed by atoms with van der Waals surface area (Å²) in [7, 11) is 0. The van der Waals surface area contributed by atoms with Gasteiger partial charge in [0.15, 0.2) is 0 Å². The van der Waals surface area contributed by atoms with Crippen LogP contribution in [-0.4, -0.2) is 19.0 Å². The molecule has 0 aliphatic rings. The van der Waals surface area contributed by atoms with E-state index in [-0.39, 0.29) is 0 Å². The molecule has 0 aromatic heterocycles. The molecule has 22 heavy (non-hydrogen) atoms. The lowest BCUT2D eigenvalue weighted by Crippen LogP contribution is -1.97. The lowest BCUT2D eigenvalue weighted by Gasteiger charge is -2.02. The molecule has 0 aliphatic carbocycles. The van der Waals surface area contributed by atoms with Crippen LogP contribution in [0.15, 0.2) is 24.3 Å². The van der Waals surface area contributed by atoms with E-state index >= 15 is 0 Å². The first kappa shape index (κ1) is 21.8. The number of hydrogen-bond acceptors (Lipinski definition) is 2. The second-order valence-electron chi connectivity index (χ2n) is 5.92. The summed E-state index contributed by atoms with van der Waals surface area (Å²) in [5.41, 5.74) is 0. The monoisotopic (exact) mass is 326 g/mol. The van der Waals surface area contributed by atoms with Gasteiger partial charge in [0.05, 0.1) is 6.61 Å². The van der Waals surface area contributed by atoms with Gasteiger partial charge in [-0.1, -0.05) is 69.8 Å². The fourth-order valence-electron chi connectivity index (χ4n) is 2.36. The van der Waals surface area contributed by atoms with E-state index < -0.39 is 0 Å². The second-order valence-corrected chi connectivity index (χ2v) is 6.37. The minimum Gasteiger partial charge on any atom is -0.381 e. The van der Waals surface area contributed by atoms with Crippen molar-refractivity contribution in [2.45, 2.75) is 84.0 Å². The average molecular weight is 327 g/mol. The number of hydrogen-bond donors (Lipinski definition) is 1. The fourth-order valence-corrected chi connectivity index (χ4v) is 2.49. The first-order chi connectivity index (χ1) is 10.9. The predicted molar refractivity (Wildman–Crippen MR) is 104 cm³/mol. The fraction of sp³-hybridized carbons (Fsp3) is 0.800. The Kier molecular flexibility index (Phi) is 20.6. The maximum absolute atomic E-state index is 5.41. The summed E-state index contributed by atoms with van der Waals surface area (Å²) >= 11 is 4.12. The number of rotatable bonds is 17. The van der Waals surface area contributed by atoms with Gasteiger partial charge in [-0.15, -0.1) is 0 Å². The van der Waals surface area contributed by atoms with Crippen LogP contribution in [-0.2, 0) is 4.74 Å². The van der Waals surface area contributed by atoms with Crippen molar-refractivity contribution in [1.82, 2.24) is 0 Å². The highest BCUT2D eigenvalue weighted by molar-refractivity contribution is 7.80. The van der Waals surface area contributed by atoms with E-state index in [0.717, 1.165) is 25.4 Å². The van der Waals surface area contributed by atoms with Crippen LogP contribution in [0.2, 0.25) is 0 Å². The SMILES string of the molecule is CCCCC/C=C\C/C=C\CCCCCCCCOCCS. The minimum atomic E-state index is 0.795. The zero-order chi connectivity index (χ0) is 16.1. The van der Waals surface area contributed by atoms with Crippen LogP contribution in [0.5, 0.6) is 0 Å². The zero-order valence-electron chi connectivity index (χ0n) is 14.8. The molecular weight excluding hydrogens is 288 g/mol. The lowest BCUT2D eigenvalue weighted by atomic mass is 10.1. The third-order valence-electron chi connectivity index (χ3n) is 3.72. The Morgan fingerprint density at radius 1 is 0.682 bits per heavy atom. The van der Waals surface area contributed by atoms with E-state index in [0.29, 0.717) is 0 Å². The van der Waals surface area contributed by atoms with Crippen LogP contribution < -0.4 is 0 Å². The van der Waals surface area contributed by atoms with Crippen molar-refractivity contribution in [3.8, 4) is 0 Å². The standard InChI is InChI=1S/C20H38OS/c1-2-3-4-5-6-7-8-9-10-11-12-13-14-15-16-17-18-21-19-20-22/h6-7,9-10,22H,2-5,8,11-20H2,1H3/b7-6-,10-9-. The van der Waals surface area contributed by atoms with E-state index in [4.69, 9.17) is 4.74 Å². The molecule has 2 heteroatoms. The van der Waals surface area contributed by atoms with Gasteiger partial charge in [0.2, 0.25) is 0 Å². The van der Waals surface area contributed by atoms with Crippen molar-refractivity contribution in [2.75, 3.05) is 19.0 Å². The molecule has 0 spiro atoms. The molecule has 0 radical (unpaired) electrons. The summed E-state index contributed by atoms with van der Waals surface area (Å²) in [4.78, 5) is 0. The van der Waals surface area contributed by atoms with E-state index in [1.54, 1.807) is 0 Å². The molecule has 0 aromatic carbocycles. The Labute approximate surface area is 145 Å². The van der Waals surface area contributed by atoms with Gasteiger partial charge in [0, 0.05) is 12.4 Å². The molecule has 0 rings (SSSR count). The Hall–Kier alpha value is -0.210. The smallest absolute Gasteiger partial charge is 0.0554 e. The van der Waals surface area contributed by atoms with Crippen molar-refractivity contribution in [3.05, 3.63) is 24.3 Å². The quantitative estimate of drug-likeness (QED) is 0.177. The molecule has 0 bridgehead atoms. The first-order valence-corrected chi connectivity index (χ1v) is 10.0. The van der Waals surface area contributed by atoms with Gasteiger partial charge in [0.25, 0.3) is 0 Å². The normalized spacial score (nSPS) is 11.9. The third kappa shape index (κ3) is 19.8. The van der Waals surface area contributed by atoms with Gasteiger partial charge in [0.1, 0.15) is 0 Å². The van der Waals surface area contributed by atoms with Gasteiger partial charge in [-0.2, -0.15) is 12.6 Å². The third-order valence-corrected chi connectivity index (χ3v) is 3.91. The molecule has 0 aromatic rings. The molecule has 0 N–H and O–H groups in total. The highest BCUT2D eigenvalue weighted by atomic mass is 32.1.